The molecular formula is C42H48N4O7. The van der Waals surface area contributed by atoms with E-state index in [2.05, 4.69) is 10.2 Å². The zero-order valence-electron chi connectivity index (χ0n) is 30.8. The summed E-state index contributed by atoms with van der Waals surface area (Å²) in [4.78, 5) is 56.0. The van der Waals surface area contributed by atoms with Crippen LogP contribution in [-0.4, -0.2) is 88.8 Å². The fourth-order valence-corrected chi connectivity index (χ4v) is 6.07. The monoisotopic (exact) mass is 720 g/mol. The third-order valence-corrected chi connectivity index (χ3v) is 8.96. The van der Waals surface area contributed by atoms with Crippen molar-refractivity contribution in [3.8, 4) is 11.1 Å². The van der Waals surface area contributed by atoms with Gasteiger partial charge in [-0.15, -0.1) is 0 Å². The topological polar surface area (TPSA) is 129 Å². The van der Waals surface area contributed by atoms with Crippen molar-refractivity contribution in [2.75, 3.05) is 38.5 Å². The fraction of sp³-hybridized carbons (Fsp3) is 0.333. The number of carboxylic acid groups (broad SMARTS) is 1. The molecule has 5 rings (SSSR count). The first-order valence-corrected chi connectivity index (χ1v) is 17.8. The molecule has 0 atom stereocenters. The molecule has 1 aliphatic heterocycles. The summed E-state index contributed by atoms with van der Waals surface area (Å²) in [5.41, 5.74) is 4.23. The van der Waals surface area contributed by atoms with Gasteiger partial charge in [0, 0.05) is 57.4 Å². The molecule has 11 nitrogen and oxygen atoms in total. The summed E-state index contributed by atoms with van der Waals surface area (Å²) >= 11 is 0. The molecule has 1 saturated heterocycles. The zero-order valence-corrected chi connectivity index (χ0v) is 30.8. The standard InChI is InChI=1S/C42H48N4O7/c1-42(2,3)53-41(51)46(29-31-16-20-34(21-17-31)39(48)49)28-30-14-18-33(19-15-30)38(47)44(4)26-27-45-24-22-35(23-25-45)52-40(50)43-37-13-9-8-12-36(37)32-10-6-5-7-11-32/h5-21,35H,22-29H2,1-4H3,(H,43,50)(H,48,49). The second-order valence-electron chi connectivity index (χ2n) is 14.2. The van der Waals surface area contributed by atoms with E-state index >= 15 is 0 Å². The van der Waals surface area contributed by atoms with E-state index in [1.54, 1.807) is 61.9 Å². The minimum atomic E-state index is -1.02. The van der Waals surface area contributed by atoms with Crippen LogP contribution in [0, 0.1) is 0 Å². The van der Waals surface area contributed by atoms with E-state index in [9.17, 15) is 24.3 Å². The number of aromatic carboxylic acids is 1. The molecule has 0 aromatic heterocycles. The van der Waals surface area contributed by atoms with Gasteiger partial charge in [0.2, 0.25) is 0 Å². The van der Waals surface area contributed by atoms with E-state index in [4.69, 9.17) is 9.47 Å². The number of carbonyl (C=O) groups is 4. The number of carbonyl (C=O) groups excluding carboxylic acids is 3. The van der Waals surface area contributed by atoms with Crippen LogP contribution in [0.1, 0.15) is 65.5 Å². The van der Waals surface area contributed by atoms with Crippen molar-refractivity contribution in [3.05, 3.63) is 125 Å². The summed E-state index contributed by atoms with van der Waals surface area (Å²) in [6, 6.07) is 31.1. The number of anilines is 1. The van der Waals surface area contributed by atoms with Crippen molar-refractivity contribution in [1.82, 2.24) is 14.7 Å². The normalized spacial score (nSPS) is 13.5. The second kappa shape index (κ2) is 17.7. The van der Waals surface area contributed by atoms with Gasteiger partial charge in [-0.2, -0.15) is 0 Å². The Morgan fingerprint density at radius 1 is 0.792 bits per heavy atom. The van der Waals surface area contributed by atoms with Gasteiger partial charge in [-0.25, -0.2) is 14.4 Å². The van der Waals surface area contributed by atoms with Gasteiger partial charge in [-0.1, -0.05) is 72.8 Å². The van der Waals surface area contributed by atoms with Crippen molar-refractivity contribution in [1.29, 1.82) is 0 Å². The Balaban J connectivity index is 1.08. The van der Waals surface area contributed by atoms with Crippen molar-refractivity contribution in [2.24, 2.45) is 0 Å². The van der Waals surface area contributed by atoms with E-state index in [0.717, 1.165) is 35.3 Å². The number of benzene rings is 4. The first-order chi connectivity index (χ1) is 25.3. The maximum Gasteiger partial charge on any atom is 0.411 e. The van der Waals surface area contributed by atoms with Gasteiger partial charge < -0.3 is 24.4 Å². The molecule has 4 aromatic carbocycles. The number of piperidine rings is 1. The Kier molecular flexibility index (Phi) is 12.9. The molecule has 0 saturated carbocycles. The number of hydrogen-bond donors (Lipinski definition) is 2. The smallest absolute Gasteiger partial charge is 0.411 e. The van der Waals surface area contributed by atoms with Crippen LogP contribution in [0.2, 0.25) is 0 Å². The molecule has 0 aliphatic carbocycles. The molecule has 0 spiro atoms. The molecule has 0 unspecified atom stereocenters. The summed E-state index contributed by atoms with van der Waals surface area (Å²) in [5.74, 6) is -1.12. The molecule has 278 valence electrons. The highest BCUT2D eigenvalue weighted by Crippen LogP contribution is 2.28. The molecule has 11 heteroatoms. The minimum Gasteiger partial charge on any atom is -0.478 e. The average Bonchev–Trinajstić information content (AvgIpc) is 3.14. The highest BCUT2D eigenvalue weighted by molar-refractivity contribution is 5.94. The Morgan fingerprint density at radius 2 is 1.36 bits per heavy atom. The van der Waals surface area contributed by atoms with Gasteiger partial charge in [0.05, 0.1) is 11.3 Å². The van der Waals surface area contributed by atoms with Crippen molar-refractivity contribution in [2.45, 2.75) is 58.4 Å². The molecule has 2 N–H and O–H groups in total. The van der Waals surface area contributed by atoms with Gasteiger partial charge >= 0.3 is 18.2 Å². The van der Waals surface area contributed by atoms with Crippen molar-refractivity contribution < 1.29 is 33.8 Å². The number of hydrogen-bond acceptors (Lipinski definition) is 7. The quantitative estimate of drug-likeness (QED) is 0.152. The maximum atomic E-state index is 13.3. The van der Waals surface area contributed by atoms with Crippen LogP contribution in [0.5, 0.6) is 0 Å². The lowest BCUT2D eigenvalue weighted by atomic mass is 10.0. The van der Waals surface area contributed by atoms with Crippen LogP contribution in [0.15, 0.2) is 103 Å². The number of para-hydroxylation sites is 1. The number of carboxylic acids is 1. The first-order valence-electron chi connectivity index (χ1n) is 17.8. The van der Waals surface area contributed by atoms with Crippen LogP contribution in [0.25, 0.3) is 11.1 Å². The highest BCUT2D eigenvalue weighted by atomic mass is 16.6. The molecule has 53 heavy (non-hydrogen) atoms. The Bertz CT molecular complexity index is 1850. The number of likely N-dealkylation sites (tertiary alicyclic amines) is 1. The van der Waals surface area contributed by atoms with Crippen molar-refractivity contribution >= 4 is 29.8 Å². The molecule has 0 bridgehead atoms. The van der Waals surface area contributed by atoms with Crippen LogP contribution in [0.4, 0.5) is 15.3 Å². The minimum absolute atomic E-state index is 0.107. The van der Waals surface area contributed by atoms with Crippen molar-refractivity contribution in [3.63, 3.8) is 0 Å². The van der Waals surface area contributed by atoms with Crippen LogP contribution in [0.3, 0.4) is 0 Å². The van der Waals surface area contributed by atoms with E-state index < -0.39 is 23.8 Å². The third kappa shape index (κ3) is 11.4. The number of nitrogens with zero attached hydrogens (tertiary/aromatic N) is 3. The summed E-state index contributed by atoms with van der Waals surface area (Å²) in [6.07, 6.45) is 0.273. The summed E-state index contributed by atoms with van der Waals surface area (Å²) in [5, 5.41) is 12.1. The summed E-state index contributed by atoms with van der Waals surface area (Å²) in [7, 11) is 1.78. The average molecular weight is 721 g/mol. The number of rotatable bonds is 12. The predicted octanol–water partition coefficient (Wildman–Crippen LogP) is 7.77. The lowest BCUT2D eigenvalue weighted by molar-refractivity contribution is 0.0216. The number of nitrogens with one attached hydrogen (secondary N) is 1. The second-order valence-corrected chi connectivity index (χ2v) is 14.2. The van der Waals surface area contributed by atoms with Gasteiger partial charge in [0.25, 0.3) is 5.91 Å². The molecular weight excluding hydrogens is 672 g/mol. The Labute approximate surface area is 311 Å². The van der Waals surface area contributed by atoms with Crippen LogP contribution >= 0.6 is 0 Å². The first kappa shape index (κ1) is 38.5. The number of ether oxygens (including phenoxy) is 2. The fourth-order valence-electron chi connectivity index (χ4n) is 6.07. The number of amides is 3. The maximum absolute atomic E-state index is 13.3. The predicted molar refractivity (Wildman–Crippen MR) is 204 cm³/mol. The molecule has 4 aromatic rings. The largest absolute Gasteiger partial charge is 0.478 e. The van der Waals surface area contributed by atoms with E-state index in [0.29, 0.717) is 37.2 Å². The third-order valence-electron chi connectivity index (χ3n) is 8.96. The Hall–Kier alpha value is -5.68. The van der Waals surface area contributed by atoms with E-state index in [1.165, 1.54) is 12.1 Å². The summed E-state index contributed by atoms with van der Waals surface area (Å²) < 4.78 is 11.4. The number of likely N-dealkylation sites (N-methyl/N-ethyl adjacent to an activating group) is 1. The van der Waals surface area contributed by atoms with Gasteiger partial charge in [0.1, 0.15) is 11.7 Å². The lowest BCUT2D eigenvalue weighted by Gasteiger charge is -2.32. The molecule has 1 aliphatic rings. The molecule has 1 heterocycles. The molecule has 1 fully saturated rings. The van der Waals surface area contributed by atoms with E-state index in [-0.39, 0.29) is 30.7 Å². The van der Waals surface area contributed by atoms with E-state index in [1.807, 2.05) is 66.7 Å². The van der Waals surface area contributed by atoms with Gasteiger partial charge in [0.15, 0.2) is 0 Å². The van der Waals surface area contributed by atoms with Gasteiger partial charge in [-0.05, 0) is 80.6 Å². The zero-order chi connectivity index (χ0) is 38.0. The van der Waals surface area contributed by atoms with Crippen LogP contribution < -0.4 is 5.32 Å². The molecule has 3 amide bonds. The summed E-state index contributed by atoms with van der Waals surface area (Å²) in [6.45, 7) is 8.60. The SMILES string of the molecule is CN(CCN1CCC(OC(=O)Nc2ccccc2-c2ccccc2)CC1)C(=O)c1ccc(CN(Cc2ccc(C(=O)O)cc2)C(=O)OC(C)(C)C)cc1. The van der Waals surface area contributed by atoms with Gasteiger partial charge in [-0.3, -0.25) is 15.0 Å². The Morgan fingerprint density at radius 3 is 1.94 bits per heavy atom. The highest BCUT2D eigenvalue weighted by Gasteiger charge is 2.25. The lowest BCUT2D eigenvalue weighted by Crippen LogP contribution is -2.42. The van der Waals surface area contributed by atoms with Crippen LogP contribution in [-0.2, 0) is 22.6 Å². The molecule has 0 radical (unpaired) electrons.